The number of Topliss-reactive ketones (excluding diaryl/α,β-unsaturated/α-hetero) is 1. The summed E-state index contributed by atoms with van der Waals surface area (Å²) in [6.45, 7) is 6.39. The average molecular weight is 459 g/mol. The number of ketones is 1. The van der Waals surface area contributed by atoms with Crippen molar-refractivity contribution >= 4 is 39.8 Å². The first kappa shape index (κ1) is 24.5. The Kier molecular flexibility index (Phi) is 7.89. The lowest BCUT2D eigenvalue weighted by Gasteiger charge is -2.32. The maximum absolute atomic E-state index is 13.9. The van der Waals surface area contributed by atoms with E-state index in [4.69, 9.17) is 4.74 Å². The quantitative estimate of drug-likeness (QED) is 0.206. The Hall–Kier alpha value is -3.16. The van der Waals surface area contributed by atoms with Crippen molar-refractivity contribution in [3.63, 3.8) is 0 Å². The van der Waals surface area contributed by atoms with Crippen LogP contribution >= 0.6 is 6.89 Å². The molecule has 0 radical (unpaired) electrons. The first-order valence-electron chi connectivity index (χ1n) is 11.1. The van der Waals surface area contributed by atoms with Gasteiger partial charge >= 0.3 is 5.97 Å². The number of rotatable bonds is 8. The Morgan fingerprint density at radius 1 is 0.788 bits per heavy atom. The highest BCUT2D eigenvalue weighted by atomic mass is 31.2. The van der Waals surface area contributed by atoms with Gasteiger partial charge in [-0.25, -0.2) is 4.79 Å². The Labute approximate surface area is 197 Å². The molecule has 0 N–H and O–H groups in total. The average Bonchev–Trinajstić information content (AvgIpc) is 2.81. The molecule has 0 bridgehead atoms. The van der Waals surface area contributed by atoms with E-state index in [0.29, 0.717) is 6.42 Å². The van der Waals surface area contributed by atoms with Crippen LogP contribution in [0.5, 0.6) is 0 Å². The molecule has 0 atom stereocenters. The molecule has 170 valence electrons. The molecule has 3 aromatic carbocycles. The van der Waals surface area contributed by atoms with E-state index in [0.717, 1.165) is 15.9 Å². The number of hydrogen-bond donors (Lipinski definition) is 0. The third-order valence-corrected chi connectivity index (χ3v) is 9.52. The van der Waals surface area contributed by atoms with Crippen molar-refractivity contribution in [3.05, 3.63) is 104 Å². The minimum atomic E-state index is -2.84. The van der Waals surface area contributed by atoms with E-state index in [9.17, 15) is 9.59 Å². The highest BCUT2D eigenvalue weighted by molar-refractivity contribution is 7.97. The van der Waals surface area contributed by atoms with Crippen molar-refractivity contribution in [2.45, 2.75) is 39.2 Å². The number of benzene rings is 3. The predicted octanol–water partition coefficient (Wildman–Crippen LogP) is 5.03. The molecule has 0 saturated heterocycles. The van der Waals surface area contributed by atoms with Crippen LogP contribution in [0.15, 0.2) is 104 Å². The number of esters is 1. The monoisotopic (exact) mass is 458 g/mol. The fourth-order valence-corrected chi connectivity index (χ4v) is 8.24. The molecule has 0 heterocycles. The van der Waals surface area contributed by atoms with E-state index < -0.39 is 18.5 Å². The van der Waals surface area contributed by atoms with Crippen LogP contribution in [0.3, 0.4) is 0 Å². The summed E-state index contributed by atoms with van der Waals surface area (Å²) in [5.41, 5.74) is -0.735. The van der Waals surface area contributed by atoms with Crippen LogP contribution in [0.25, 0.3) is 0 Å². The topological polar surface area (TPSA) is 43.4 Å². The first-order chi connectivity index (χ1) is 15.8. The smallest absolute Gasteiger partial charge is 0.343 e. The van der Waals surface area contributed by atoms with Crippen LogP contribution in [0.1, 0.15) is 33.6 Å². The zero-order chi connectivity index (χ0) is 23.9. The highest BCUT2D eigenvalue weighted by Crippen LogP contribution is 2.47. The number of ether oxygens (including phenoxy) is 1. The molecule has 0 spiro atoms. The van der Waals surface area contributed by atoms with Crippen molar-refractivity contribution in [3.8, 4) is 0 Å². The minimum Gasteiger partial charge on any atom is -0.456 e. The van der Waals surface area contributed by atoms with E-state index in [2.05, 4.69) is 6.58 Å². The summed E-state index contributed by atoms with van der Waals surface area (Å²) >= 11 is 0. The van der Waals surface area contributed by atoms with E-state index in [1.54, 1.807) is 6.08 Å². The van der Waals surface area contributed by atoms with Gasteiger partial charge in [0.15, 0.2) is 5.78 Å². The van der Waals surface area contributed by atoms with E-state index in [1.807, 2.05) is 112 Å². The molecular weight excluding hydrogens is 427 g/mol. The van der Waals surface area contributed by atoms with Crippen molar-refractivity contribution < 1.29 is 14.3 Å². The standard InChI is InChI=1S/C29H31O3P/c1-5-6-22-26(30)27(28(31)32-29(2,3)4)33(23-16-10-7-11-17-23,24-18-12-8-13-19-24)25-20-14-9-15-21-25/h5,7-21H,1,6,22H2,2-4H3. The van der Waals surface area contributed by atoms with Crippen LogP contribution in [0, 0.1) is 0 Å². The first-order valence-corrected chi connectivity index (χ1v) is 12.9. The molecule has 0 aromatic heterocycles. The van der Waals surface area contributed by atoms with Crippen molar-refractivity contribution in [1.82, 2.24) is 0 Å². The van der Waals surface area contributed by atoms with Gasteiger partial charge in [0.25, 0.3) is 0 Å². The normalized spacial score (nSPS) is 11.5. The van der Waals surface area contributed by atoms with Gasteiger partial charge in [-0.1, -0.05) is 97.1 Å². The summed E-state index contributed by atoms with van der Waals surface area (Å²) in [6, 6.07) is 29.6. The van der Waals surface area contributed by atoms with Crippen molar-refractivity contribution in [1.29, 1.82) is 0 Å². The summed E-state index contributed by atoms with van der Waals surface area (Å²) in [5, 5.41) is 3.04. The van der Waals surface area contributed by atoms with Crippen LogP contribution in [0.2, 0.25) is 0 Å². The molecule has 0 fully saturated rings. The van der Waals surface area contributed by atoms with E-state index in [-0.39, 0.29) is 17.5 Å². The van der Waals surface area contributed by atoms with Gasteiger partial charge in [0.2, 0.25) is 0 Å². The maximum atomic E-state index is 13.9. The summed E-state index contributed by atoms with van der Waals surface area (Å²) < 4.78 is 5.88. The number of allylic oxidation sites excluding steroid dienone is 1. The minimum absolute atomic E-state index is 0.200. The van der Waals surface area contributed by atoms with Gasteiger partial charge < -0.3 is 4.74 Å². The Morgan fingerprint density at radius 2 is 1.18 bits per heavy atom. The Morgan fingerprint density at radius 3 is 1.52 bits per heavy atom. The Balaban J connectivity index is 2.57. The molecule has 0 aliphatic rings. The van der Waals surface area contributed by atoms with Crippen LogP contribution in [-0.2, 0) is 14.3 Å². The molecule has 0 aliphatic heterocycles. The zero-order valence-corrected chi connectivity index (χ0v) is 20.4. The molecule has 0 aliphatic carbocycles. The summed E-state index contributed by atoms with van der Waals surface area (Å²) in [5.74, 6) is -0.754. The van der Waals surface area contributed by atoms with Gasteiger partial charge in [-0.3, -0.25) is 4.79 Å². The SMILES string of the molecule is C=CCCC(=O)C(C(=O)OC(C)(C)C)=P(c1ccccc1)(c1ccccc1)c1ccccc1. The molecular formula is C29H31O3P. The molecule has 4 heteroatoms. The fourth-order valence-electron chi connectivity index (χ4n) is 3.91. The van der Waals surface area contributed by atoms with Crippen LogP contribution < -0.4 is 15.9 Å². The summed E-state index contributed by atoms with van der Waals surface area (Å²) in [7, 11) is 0. The fraction of sp³-hybridized carbons (Fsp3) is 0.207. The third kappa shape index (κ3) is 5.43. The van der Waals surface area contributed by atoms with Gasteiger partial charge in [-0.2, -0.15) is 0 Å². The summed E-state index contributed by atoms with van der Waals surface area (Å²) in [6.07, 6.45) is 2.40. The molecule has 0 amide bonds. The Bertz CT molecular complexity index is 1050. The van der Waals surface area contributed by atoms with Gasteiger partial charge in [0, 0.05) is 6.42 Å². The zero-order valence-electron chi connectivity index (χ0n) is 19.5. The highest BCUT2D eigenvalue weighted by Gasteiger charge is 2.38. The van der Waals surface area contributed by atoms with Crippen LogP contribution in [0.4, 0.5) is 0 Å². The summed E-state index contributed by atoms with van der Waals surface area (Å²) in [4.78, 5) is 27.7. The van der Waals surface area contributed by atoms with Crippen molar-refractivity contribution in [2.24, 2.45) is 0 Å². The molecule has 3 aromatic rings. The molecule has 0 unspecified atom stereocenters. The third-order valence-electron chi connectivity index (χ3n) is 5.20. The lowest BCUT2D eigenvalue weighted by atomic mass is 10.1. The van der Waals surface area contributed by atoms with Gasteiger partial charge in [-0.15, -0.1) is 6.58 Å². The van der Waals surface area contributed by atoms with E-state index in [1.165, 1.54) is 0 Å². The molecule has 33 heavy (non-hydrogen) atoms. The van der Waals surface area contributed by atoms with Crippen molar-refractivity contribution in [2.75, 3.05) is 0 Å². The lowest BCUT2D eigenvalue weighted by Crippen LogP contribution is -2.40. The number of carbonyl (C=O) groups is 2. The number of hydrogen-bond acceptors (Lipinski definition) is 3. The lowest BCUT2D eigenvalue weighted by molar-refractivity contribution is -0.146. The predicted molar refractivity (Wildman–Crippen MR) is 140 cm³/mol. The second-order valence-electron chi connectivity index (χ2n) is 8.78. The second kappa shape index (κ2) is 10.6. The largest absolute Gasteiger partial charge is 0.456 e. The number of carbonyl (C=O) groups excluding carboxylic acids is 2. The van der Waals surface area contributed by atoms with Crippen LogP contribution in [-0.4, -0.2) is 22.6 Å². The van der Waals surface area contributed by atoms with E-state index >= 15 is 0 Å². The molecule has 3 nitrogen and oxygen atoms in total. The molecule has 0 saturated carbocycles. The van der Waals surface area contributed by atoms with Gasteiger partial charge in [-0.05, 0) is 50.0 Å². The second-order valence-corrected chi connectivity index (χ2v) is 12.1. The van der Waals surface area contributed by atoms with Gasteiger partial charge in [0.05, 0.1) is 0 Å². The maximum Gasteiger partial charge on any atom is 0.343 e. The van der Waals surface area contributed by atoms with Gasteiger partial charge in [0.1, 0.15) is 10.9 Å². The molecule has 3 rings (SSSR count).